The average Bonchev–Trinajstić information content (AvgIpc) is 2.91. The van der Waals surface area contributed by atoms with E-state index in [0.29, 0.717) is 0 Å². The van der Waals surface area contributed by atoms with Gasteiger partial charge in [0.1, 0.15) is 5.82 Å². The molecule has 0 saturated carbocycles. The van der Waals surface area contributed by atoms with E-state index < -0.39 is 0 Å². The van der Waals surface area contributed by atoms with Gasteiger partial charge in [0.15, 0.2) is 0 Å². The van der Waals surface area contributed by atoms with Crippen LogP contribution < -0.4 is 10.2 Å². The van der Waals surface area contributed by atoms with Crippen LogP contribution in [-0.4, -0.2) is 33.6 Å². The molecule has 1 spiro atoms. The first-order chi connectivity index (χ1) is 10.2. The van der Waals surface area contributed by atoms with Gasteiger partial charge >= 0.3 is 0 Å². The topological polar surface area (TPSA) is 53.9 Å². The Labute approximate surface area is 124 Å². The van der Waals surface area contributed by atoms with Gasteiger partial charge in [0.05, 0.1) is 5.54 Å². The Morgan fingerprint density at radius 3 is 2.90 bits per heavy atom. The molecule has 1 atom stereocenters. The highest BCUT2D eigenvalue weighted by Gasteiger charge is 2.41. The first kappa shape index (κ1) is 12.6. The van der Waals surface area contributed by atoms with Crippen molar-refractivity contribution in [1.29, 1.82) is 0 Å². The van der Waals surface area contributed by atoms with E-state index in [-0.39, 0.29) is 5.54 Å². The number of rotatable bonds is 1. The van der Waals surface area contributed by atoms with Crippen molar-refractivity contribution in [3.63, 3.8) is 0 Å². The first-order valence-electron chi connectivity index (χ1n) is 7.51. The fourth-order valence-electron chi connectivity index (χ4n) is 3.39. The molecule has 2 aliphatic rings. The molecule has 2 aromatic heterocycles. The molecule has 1 N–H and O–H groups in total. The lowest BCUT2D eigenvalue weighted by atomic mass is 9.87. The lowest BCUT2D eigenvalue weighted by molar-refractivity contribution is 0.458. The lowest BCUT2D eigenvalue weighted by Crippen LogP contribution is -2.44. The molecule has 2 aromatic rings. The van der Waals surface area contributed by atoms with Gasteiger partial charge in [-0.15, -0.1) is 0 Å². The van der Waals surface area contributed by atoms with E-state index in [4.69, 9.17) is 0 Å². The molecule has 0 radical (unpaired) electrons. The number of nitrogens with zero attached hydrogens (tertiary/aromatic N) is 4. The minimum Gasteiger partial charge on any atom is -0.363 e. The van der Waals surface area contributed by atoms with Gasteiger partial charge in [0.2, 0.25) is 5.95 Å². The van der Waals surface area contributed by atoms with Crippen molar-refractivity contribution in [2.45, 2.75) is 31.7 Å². The van der Waals surface area contributed by atoms with Crippen LogP contribution in [0.25, 0.3) is 0 Å². The summed E-state index contributed by atoms with van der Waals surface area (Å²) in [6, 6.07) is 6.15. The van der Waals surface area contributed by atoms with Gasteiger partial charge in [-0.3, -0.25) is 0 Å². The van der Waals surface area contributed by atoms with Crippen molar-refractivity contribution in [1.82, 2.24) is 15.0 Å². The molecule has 2 aliphatic heterocycles. The normalized spacial score (nSPS) is 24.0. The molecule has 0 aromatic carbocycles. The minimum absolute atomic E-state index is 0.118. The largest absolute Gasteiger partial charge is 0.363 e. The molecule has 5 heteroatoms. The van der Waals surface area contributed by atoms with Crippen molar-refractivity contribution in [2.24, 2.45) is 0 Å². The predicted molar refractivity (Wildman–Crippen MR) is 82.5 cm³/mol. The summed E-state index contributed by atoms with van der Waals surface area (Å²) in [7, 11) is 0. The third kappa shape index (κ3) is 2.22. The maximum Gasteiger partial charge on any atom is 0.225 e. The molecule has 1 fully saturated rings. The quantitative estimate of drug-likeness (QED) is 0.868. The van der Waals surface area contributed by atoms with Gasteiger partial charge in [-0.2, -0.15) is 0 Å². The molecule has 0 bridgehead atoms. The smallest absolute Gasteiger partial charge is 0.225 e. The molecule has 0 aliphatic carbocycles. The third-order valence-electron chi connectivity index (χ3n) is 4.56. The van der Waals surface area contributed by atoms with Crippen LogP contribution in [-0.2, 0) is 6.42 Å². The molecule has 4 heterocycles. The lowest BCUT2D eigenvalue weighted by Gasteiger charge is -2.36. The summed E-state index contributed by atoms with van der Waals surface area (Å²) in [5.74, 6) is 1.90. The number of hydrogen-bond acceptors (Lipinski definition) is 5. The second-order valence-electron chi connectivity index (χ2n) is 6.09. The highest BCUT2D eigenvalue weighted by atomic mass is 15.3. The van der Waals surface area contributed by atoms with E-state index in [1.807, 2.05) is 25.4 Å². The second-order valence-corrected chi connectivity index (χ2v) is 6.09. The monoisotopic (exact) mass is 281 g/mol. The Bertz CT molecular complexity index is 657. The Hall–Kier alpha value is -2.17. The minimum atomic E-state index is 0.118. The Balaban J connectivity index is 1.58. The second kappa shape index (κ2) is 4.69. The van der Waals surface area contributed by atoms with Crippen molar-refractivity contribution in [3.05, 3.63) is 41.9 Å². The van der Waals surface area contributed by atoms with Gasteiger partial charge in [-0.1, -0.05) is 6.07 Å². The molecule has 0 amide bonds. The SMILES string of the molecule is Cc1ccc2c(n1)N[C@@]1(CC2)CCN(c2ncccn2)C1. The summed E-state index contributed by atoms with van der Waals surface area (Å²) in [6.45, 7) is 3.99. The first-order valence-corrected chi connectivity index (χ1v) is 7.51. The zero-order chi connectivity index (χ0) is 14.3. The van der Waals surface area contributed by atoms with Crippen LogP contribution in [0, 0.1) is 6.92 Å². The summed E-state index contributed by atoms with van der Waals surface area (Å²) in [6.07, 6.45) is 6.97. The number of hydrogen-bond donors (Lipinski definition) is 1. The van der Waals surface area contributed by atoms with Gasteiger partial charge in [0, 0.05) is 31.2 Å². The molecular weight excluding hydrogens is 262 g/mol. The summed E-state index contributed by atoms with van der Waals surface area (Å²) in [5, 5.41) is 3.70. The van der Waals surface area contributed by atoms with E-state index in [0.717, 1.165) is 49.8 Å². The molecular formula is C16H19N5. The molecule has 0 unspecified atom stereocenters. The number of aryl methyl sites for hydroxylation is 2. The summed E-state index contributed by atoms with van der Waals surface area (Å²) in [4.78, 5) is 15.7. The van der Waals surface area contributed by atoms with Gasteiger partial charge in [-0.05, 0) is 43.9 Å². The molecule has 4 rings (SSSR count). The zero-order valence-electron chi connectivity index (χ0n) is 12.2. The Kier molecular flexibility index (Phi) is 2.80. The Morgan fingerprint density at radius 1 is 1.19 bits per heavy atom. The number of aromatic nitrogens is 3. The van der Waals surface area contributed by atoms with E-state index in [9.17, 15) is 0 Å². The van der Waals surface area contributed by atoms with Crippen LogP contribution in [0.2, 0.25) is 0 Å². The highest BCUT2D eigenvalue weighted by molar-refractivity contribution is 5.52. The van der Waals surface area contributed by atoms with Crippen LogP contribution in [0.1, 0.15) is 24.1 Å². The molecule has 1 saturated heterocycles. The number of anilines is 2. The summed E-state index contributed by atoms with van der Waals surface area (Å²) >= 11 is 0. The van der Waals surface area contributed by atoms with Crippen molar-refractivity contribution < 1.29 is 0 Å². The fraction of sp³-hybridized carbons (Fsp3) is 0.438. The van der Waals surface area contributed by atoms with Crippen LogP contribution in [0.15, 0.2) is 30.6 Å². The van der Waals surface area contributed by atoms with Crippen LogP contribution >= 0.6 is 0 Å². The van der Waals surface area contributed by atoms with Crippen LogP contribution in [0.5, 0.6) is 0 Å². The summed E-state index contributed by atoms with van der Waals surface area (Å²) in [5.41, 5.74) is 2.52. The van der Waals surface area contributed by atoms with E-state index >= 15 is 0 Å². The van der Waals surface area contributed by atoms with Crippen molar-refractivity contribution in [2.75, 3.05) is 23.3 Å². The Morgan fingerprint density at radius 2 is 2.05 bits per heavy atom. The van der Waals surface area contributed by atoms with Crippen LogP contribution in [0.4, 0.5) is 11.8 Å². The third-order valence-corrected chi connectivity index (χ3v) is 4.56. The predicted octanol–water partition coefficient (Wildman–Crippen LogP) is 2.19. The fourth-order valence-corrected chi connectivity index (χ4v) is 3.39. The van der Waals surface area contributed by atoms with Crippen molar-refractivity contribution >= 4 is 11.8 Å². The van der Waals surface area contributed by atoms with E-state index in [1.54, 1.807) is 0 Å². The van der Waals surface area contributed by atoms with Gasteiger partial charge in [-0.25, -0.2) is 15.0 Å². The number of nitrogens with one attached hydrogen (secondary N) is 1. The van der Waals surface area contributed by atoms with E-state index in [2.05, 4.69) is 37.3 Å². The van der Waals surface area contributed by atoms with Gasteiger partial charge in [0.25, 0.3) is 0 Å². The molecule has 5 nitrogen and oxygen atoms in total. The van der Waals surface area contributed by atoms with Crippen molar-refractivity contribution in [3.8, 4) is 0 Å². The molecule has 21 heavy (non-hydrogen) atoms. The maximum absolute atomic E-state index is 4.67. The number of pyridine rings is 1. The maximum atomic E-state index is 4.67. The highest BCUT2D eigenvalue weighted by Crippen LogP contribution is 2.36. The average molecular weight is 281 g/mol. The number of fused-ring (bicyclic) bond motifs is 1. The standard InChI is InChI=1S/C16H19N5/c1-12-3-4-13-5-6-16(20-14(13)19-12)7-10-21(11-16)15-17-8-2-9-18-15/h2-4,8-9H,5-7,10-11H2,1H3,(H,19,20)/t16-/m0/s1. The zero-order valence-corrected chi connectivity index (χ0v) is 12.2. The molecule has 108 valence electrons. The summed E-state index contributed by atoms with van der Waals surface area (Å²) < 4.78 is 0. The van der Waals surface area contributed by atoms with Gasteiger partial charge < -0.3 is 10.2 Å². The van der Waals surface area contributed by atoms with E-state index in [1.165, 1.54) is 5.56 Å². The van der Waals surface area contributed by atoms with Crippen LogP contribution in [0.3, 0.4) is 0 Å².